The second-order valence-corrected chi connectivity index (χ2v) is 10.5. The monoisotopic (exact) mass is 584 g/mol. The number of amides is 2. The van der Waals surface area contributed by atoms with E-state index in [2.05, 4.69) is 5.32 Å². The first-order valence-corrected chi connectivity index (χ1v) is 14.0. The fourth-order valence-electron chi connectivity index (χ4n) is 5.63. The van der Waals surface area contributed by atoms with Crippen LogP contribution in [0.4, 0.5) is 4.39 Å². The molecule has 11 heteroatoms. The van der Waals surface area contributed by atoms with E-state index in [-0.39, 0.29) is 62.8 Å². The Morgan fingerprint density at radius 1 is 1.12 bits per heavy atom. The average molecular weight is 585 g/mol. The summed E-state index contributed by atoms with van der Waals surface area (Å²) in [6.07, 6.45) is 0.145. The number of ether oxygens (including phenoxy) is 2. The highest BCUT2D eigenvalue weighted by Gasteiger charge is 2.51. The van der Waals surface area contributed by atoms with Gasteiger partial charge in [0, 0.05) is 37.1 Å². The van der Waals surface area contributed by atoms with Crippen LogP contribution in [0.2, 0.25) is 0 Å². The van der Waals surface area contributed by atoms with Gasteiger partial charge in [0.1, 0.15) is 23.8 Å². The molecule has 0 aromatic heterocycles. The van der Waals surface area contributed by atoms with Crippen LogP contribution in [0.3, 0.4) is 0 Å². The molecule has 0 saturated carbocycles. The number of aliphatic hydroxyl groups excluding tert-OH is 3. The van der Waals surface area contributed by atoms with E-state index in [1.807, 2.05) is 0 Å². The van der Waals surface area contributed by atoms with Gasteiger partial charge >= 0.3 is 0 Å². The van der Waals surface area contributed by atoms with Crippen LogP contribution in [0, 0.1) is 5.82 Å². The summed E-state index contributed by atoms with van der Waals surface area (Å²) in [6.45, 7) is 0.965. The van der Waals surface area contributed by atoms with E-state index in [9.17, 15) is 34.1 Å². The maximum atomic E-state index is 13.9. The van der Waals surface area contributed by atoms with Gasteiger partial charge in [-0.05, 0) is 61.2 Å². The molecule has 4 unspecified atom stereocenters. The van der Waals surface area contributed by atoms with Crippen molar-refractivity contribution < 1.29 is 43.6 Å². The molecule has 226 valence electrons. The summed E-state index contributed by atoms with van der Waals surface area (Å²) in [7, 11) is 1.44. The lowest BCUT2D eigenvalue weighted by atomic mass is 9.77. The van der Waals surface area contributed by atoms with E-state index < -0.39 is 35.9 Å². The lowest BCUT2D eigenvalue weighted by Crippen LogP contribution is -2.56. The number of carbonyl (C=O) groups is 3. The van der Waals surface area contributed by atoms with Gasteiger partial charge in [-0.1, -0.05) is 12.1 Å². The Labute approximate surface area is 243 Å². The summed E-state index contributed by atoms with van der Waals surface area (Å²) in [5, 5.41) is 33.5. The molecule has 4 N–H and O–H groups in total. The highest BCUT2D eigenvalue weighted by Crippen LogP contribution is 2.51. The Morgan fingerprint density at radius 2 is 1.90 bits per heavy atom. The number of aliphatic hydroxyl groups is 3. The van der Waals surface area contributed by atoms with Crippen molar-refractivity contribution in [2.45, 2.75) is 63.4 Å². The summed E-state index contributed by atoms with van der Waals surface area (Å²) in [6, 6.07) is 8.32. The number of rotatable bonds is 13. The average Bonchev–Trinajstić information content (AvgIpc) is 3.36. The van der Waals surface area contributed by atoms with Crippen molar-refractivity contribution in [3.05, 3.63) is 70.6 Å². The highest BCUT2D eigenvalue weighted by atomic mass is 19.1. The number of nitrogens with one attached hydrogen (secondary N) is 1. The van der Waals surface area contributed by atoms with Gasteiger partial charge in [-0.2, -0.15) is 0 Å². The number of benzene rings is 2. The van der Waals surface area contributed by atoms with Crippen LogP contribution in [0.25, 0.3) is 0 Å². The van der Waals surface area contributed by atoms with Crippen LogP contribution in [-0.4, -0.2) is 82.9 Å². The van der Waals surface area contributed by atoms with Gasteiger partial charge in [0.2, 0.25) is 11.8 Å². The Morgan fingerprint density at radius 3 is 2.57 bits per heavy atom. The zero-order valence-electron chi connectivity index (χ0n) is 23.7. The molecule has 4 atom stereocenters. The molecule has 0 spiro atoms. The summed E-state index contributed by atoms with van der Waals surface area (Å²) >= 11 is 0. The topological polar surface area (TPSA) is 146 Å². The summed E-state index contributed by atoms with van der Waals surface area (Å²) in [5.74, 6) is -1.40. The number of carbonyl (C=O) groups excluding carboxylic acids is 3. The third-order valence-electron chi connectivity index (χ3n) is 7.62. The van der Waals surface area contributed by atoms with E-state index in [1.165, 1.54) is 31.1 Å². The van der Waals surface area contributed by atoms with Crippen LogP contribution in [-0.2, 0) is 27.4 Å². The zero-order chi connectivity index (χ0) is 30.4. The number of fused-ring (bicyclic) bond motifs is 3. The van der Waals surface area contributed by atoms with Gasteiger partial charge in [0.05, 0.1) is 32.3 Å². The number of ketones is 1. The van der Waals surface area contributed by atoms with E-state index in [0.29, 0.717) is 34.6 Å². The van der Waals surface area contributed by atoms with E-state index in [0.717, 1.165) is 0 Å². The van der Waals surface area contributed by atoms with Crippen molar-refractivity contribution in [2.75, 3.05) is 26.8 Å². The third-order valence-corrected chi connectivity index (χ3v) is 7.62. The molecule has 0 bridgehead atoms. The smallest absolute Gasteiger partial charge is 0.247 e. The first kappa shape index (κ1) is 31.1. The summed E-state index contributed by atoms with van der Waals surface area (Å²) in [4.78, 5) is 40.0. The fourth-order valence-corrected chi connectivity index (χ4v) is 5.63. The molecule has 2 aromatic carbocycles. The molecule has 1 aliphatic carbocycles. The summed E-state index contributed by atoms with van der Waals surface area (Å²) in [5.41, 5.74) is 1.95. The molecule has 1 aliphatic heterocycles. The lowest BCUT2D eigenvalue weighted by Gasteiger charge is -2.41. The minimum absolute atomic E-state index is 0.0121. The molecule has 4 rings (SSSR count). The Kier molecular flexibility index (Phi) is 10.3. The van der Waals surface area contributed by atoms with E-state index >= 15 is 0 Å². The van der Waals surface area contributed by atoms with Crippen molar-refractivity contribution in [1.29, 1.82) is 0 Å². The van der Waals surface area contributed by atoms with Gasteiger partial charge in [-0.25, -0.2) is 4.39 Å². The fraction of sp³-hybridized carbons (Fsp3) is 0.452. The molecule has 0 radical (unpaired) electrons. The molecular formula is C31H37FN2O8. The van der Waals surface area contributed by atoms with Crippen molar-refractivity contribution in [3.63, 3.8) is 0 Å². The molecule has 1 heterocycles. The summed E-state index contributed by atoms with van der Waals surface area (Å²) < 4.78 is 25.6. The zero-order valence-corrected chi connectivity index (χ0v) is 23.7. The molecule has 0 fully saturated rings. The van der Waals surface area contributed by atoms with Crippen molar-refractivity contribution in [3.8, 4) is 11.5 Å². The van der Waals surface area contributed by atoms with Gasteiger partial charge in [0.25, 0.3) is 0 Å². The number of halogens is 1. The number of Topliss-reactive ketones (excluding diaryl/α,β-unsaturated/α-hetero) is 1. The molecule has 42 heavy (non-hydrogen) atoms. The van der Waals surface area contributed by atoms with Crippen molar-refractivity contribution >= 4 is 17.6 Å². The molecule has 2 aliphatic rings. The highest BCUT2D eigenvalue weighted by molar-refractivity contribution is 5.96. The van der Waals surface area contributed by atoms with Gasteiger partial charge < -0.3 is 39.8 Å². The van der Waals surface area contributed by atoms with Crippen molar-refractivity contribution in [2.24, 2.45) is 0 Å². The predicted molar refractivity (Wildman–Crippen MR) is 150 cm³/mol. The maximum Gasteiger partial charge on any atom is 0.247 e. The molecule has 0 saturated heterocycles. The Hall–Kier alpha value is -3.80. The first-order chi connectivity index (χ1) is 20.2. The van der Waals surface area contributed by atoms with Crippen LogP contribution in [0.15, 0.2) is 48.0 Å². The Balaban J connectivity index is 1.75. The SMILES string of the molecule is COc1cc(CO)cc2c1OC1C2C(C(=O)NCCO)=CC(N(CCc2cccc(F)c2)C(=O)CCCC(C)=O)C1O. The minimum Gasteiger partial charge on any atom is -0.493 e. The number of hydrogen-bond donors (Lipinski definition) is 4. The lowest BCUT2D eigenvalue weighted by molar-refractivity contribution is -0.137. The van der Waals surface area contributed by atoms with Crippen molar-refractivity contribution in [1.82, 2.24) is 10.2 Å². The van der Waals surface area contributed by atoms with Crippen LogP contribution in [0.5, 0.6) is 11.5 Å². The molecule has 10 nitrogen and oxygen atoms in total. The third kappa shape index (κ3) is 6.80. The number of nitrogens with zero attached hydrogens (tertiary/aromatic N) is 1. The molecule has 2 aromatic rings. The predicted octanol–water partition coefficient (Wildman–Crippen LogP) is 1.78. The Bertz CT molecular complexity index is 1350. The molecular weight excluding hydrogens is 547 g/mol. The van der Waals surface area contributed by atoms with Crippen LogP contribution >= 0.6 is 0 Å². The number of hydrogen-bond acceptors (Lipinski definition) is 8. The number of methoxy groups -OCH3 is 1. The quantitative estimate of drug-likeness (QED) is 0.279. The largest absolute Gasteiger partial charge is 0.493 e. The van der Waals surface area contributed by atoms with E-state index in [1.54, 1.807) is 30.3 Å². The van der Waals surface area contributed by atoms with Crippen LogP contribution < -0.4 is 14.8 Å². The molecule has 2 amide bonds. The normalized spacial score (nSPS) is 20.6. The standard InChI is InChI=1S/C31H37FN2O8/c1-18(37)5-3-8-26(38)34(11-9-19-6-4-7-21(32)13-19)24-16-23(31(40)33-10-12-35)27-22-14-20(17-36)15-25(41-2)29(22)42-30(27)28(24)39/h4,6-7,13-16,24,27-28,30,35-36,39H,3,5,8-12,17H2,1-2H3,(H,33,40). The van der Waals surface area contributed by atoms with E-state index in [4.69, 9.17) is 9.47 Å². The first-order valence-electron chi connectivity index (χ1n) is 14.0. The van der Waals surface area contributed by atoms with Gasteiger partial charge in [0.15, 0.2) is 11.5 Å². The second-order valence-electron chi connectivity index (χ2n) is 10.5. The second kappa shape index (κ2) is 13.9. The van der Waals surface area contributed by atoms with Crippen LogP contribution in [0.1, 0.15) is 48.8 Å². The van der Waals surface area contributed by atoms with Gasteiger partial charge in [-0.15, -0.1) is 0 Å². The minimum atomic E-state index is -1.27. The van der Waals surface area contributed by atoms with Gasteiger partial charge in [-0.3, -0.25) is 9.59 Å². The maximum absolute atomic E-state index is 13.9.